The predicted octanol–water partition coefficient (Wildman–Crippen LogP) is 4.86. The number of nitrogens with zero attached hydrogens (tertiary/aromatic N) is 2. The zero-order chi connectivity index (χ0) is 18.4. The second kappa shape index (κ2) is 6.34. The van der Waals surface area contributed by atoms with Gasteiger partial charge < -0.3 is 5.32 Å². The lowest BCUT2D eigenvalue weighted by molar-refractivity contribution is -0.138. The Hall–Kier alpha value is -2.06. The number of nitrogens with one attached hydrogen (secondary N) is 1. The molecule has 0 aliphatic heterocycles. The lowest BCUT2D eigenvalue weighted by Gasteiger charge is -2.16. The minimum atomic E-state index is -4.59. The molecular weight excluding hydrogens is 423 g/mol. The summed E-state index contributed by atoms with van der Waals surface area (Å²) in [5, 5.41) is 3.30. The molecule has 0 radical (unpaired) electrons. The summed E-state index contributed by atoms with van der Waals surface area (Å²) in [6.45, 7) is 0. The number of benzene rings is 2. The molecule has 3 rings (SSSR count). The molecule has 0 aliphatic carbocycles. The Morgan fingerprint density at radius 1 is 1.24 bits per heavy atom. The molecular formula is C16H10BrClF3N3O. The van der Waals surface area contributed by atoms with Crippen LogP contribution in [0, 0.1) is 0 Å². The largest absolute Gasteiger partial charge is 0.417 e. The van der Waals surface area contributed by atoms with E-state index in [0.717, 1.165) is 10.6 Å². The fourth-order valence-electron chi connectivity index (χ4n) is 2.52. The number of anilines is 1. The molecule has 0 saturated heterocycles. The summed E-state index contributed by atoms with van der Waals surface area (Å²) in [6.07, 6.45) is -4.59. The van der Waals surface area contributed by atoms with Crippen LogP contribution in [-0.4, -0.2) is 16.6 Å². The van der Waals surface area contributed by atoms with Crippen molar-refractivity contribution < 1.29 is 13.2 Å². The SMILES string of the molecule is CNc1nc(=O)n(-c2ccccc2Cl)c2cc(C(F)(F)F)c(Br)cc12. The molecule has 1 aromatic heterocycles. The molecule has 0 atom stereocenters. The second-order valence-electron chi connectivity index (χ2n) is 5.13. The van der Waals surface area contributed by atoms with Crippen molar-refractivity contribution >= 4 is 44.3 Å². The van der Waals surface area contributed by atoms with Gasteiger partial charge in [0.25, 0.3) is 0 Å². The van der Waals surface area contributed by atoms with Crippen LogP contribution in [0.15, 0.2) is 45.7 Å². The van der Waals surface area contributed by atoms with Crippen molar-refractivity contribution in [2.24, 2.45) is 0 Å². The number of aromatic nitrogens is 2. The van der Waals surface area contributed by atoms with Crippen LogP contribution < -0.4 is 11.0 Å². The molecule has 9 heteroatoms. The quantitative estimate of drug-likeness (QED) is 0.629. The van der Waals surface area contributed by atoms with Crippen LogP contribution in [0.25, 0.3) is 16.6 Å². The Labute approximate surface area is 153 Å². The van der Waals surface area contributed by atoms with Gasteiger partial charge in [-0.15, -0.1) is 0 Å². The zero-order valence-corrected chi connectivity index (χ0v) is 15.0. The summed E-state index contributed by atoms with van der Waals surface area (Å²) in [4.78, 5) is 16.4. The highest BCUT2D eigenvalue weighted by Crippen LogP contribution is 2.38. The molecule has 0 bridgehead atoms. The molecule has 2 aromatic carbocycles. The van der Waals surface area contributed by atoms with E-state index in [4.69, 9.17) is 11.6 Å². The summed E-state index contributed by atoms with van der Waals surface area (Å²) >= 11 is 9.07. The van der Waals surface area contributed by atoms with Gasteiger partial charge in [-0.3, -0.25) is 4.57 Å². The minimum Gasteiger partial charge on any atom is -0.372 e. The van der Waals surface area contributed by atoms with Crippen molar-refractivity contribution in [1.82, 2.24) is 9.55 Å². The number of hydrogen-bond donors (Lipinski definition) is 1. The van der Waals surface area contributed by atoms with Gasteiger partial charge in [0.2, 0.25) is 0 Å². The highest BCUT2D eigenvalue weighted by atomic mass is 79.9. The van der Waals surface area contributed by atoms with E-state index in [9.17, 15) is 18.0 Å². The smallest absolute Gasteiger partial charge is 0.372 e. The topological polar surface area (TPSA) is 46.9 Å². The third-order valence-electron chi connectivity index (χ3n) is 3.62. The number of para-hydroxylation sites is 1. The van der Waals surface area contributed by atoms with Crippen LogP contribution >= 0.6 is 27.5 Å². The Morgan fingerprint density at radius 2 is 1.92 bits per heavy atom. The molecule has 0 saturated carbocycles. The number of alkyl halides is 3. The van der Waals surface area contributed by atoms with Crippen molar-refractivity contribution in [3.8, 4) is 5.69 Å². The van der Waals surface area contributed by atoms with E-state index >= 15 is 0 Å². The first-order valence-electron chi connectivity index (χ1n) is 7.00. The average Bonchev–Trinajstić information content (AvgIpc) is 2.54. The Bertz CT molecular complexity index is 1030. The zero-order valence-electron chi connectivity index (χ0n) is 12.7. The lowest BCUT2D eigenvalue weighted by atomic mass is 10.1. The number of hydrogen-bond acceptors (Lipinski definition) is 3. The van der Waals surface area contributed by atoms with Crippen molar-refractivity contribution in [1.29, 1.82) is 0 Å². The van der Waals surface area contributed by atoms with Crippen LogP contribution in [0.2, 0.25) is 5.02 Å². The van der Waals surface area contributed by atoms with Gasteiger partial charge in [0, 0.05) is 16.9 Å². The van der Waals surface area contributed by atoms with Crippen molar-refractivity contribution in [3.05, 3.63) is 61.9 Å². The molecule has 0 fully saturated rings. The third-order valence-corrected chi connectivity index (χ3v) is 4.59. The van der Waals surface area contributed by atoms with E-state index < -0.39 is 17.4 Å². The van der Waals surface area contributed by atoms with Crippen LogP contribution in [0.3, 0.4) is 0 Å². The van der Waals surface area contributed by atoms with E-state index in [0.29, 0.717) is 5.39 Å². The summed E-state index contributed by atoms with van der Waals surface area (Å²) in [5.74, 6) is 0.178. The average molecular weight is 433 g/mol. The Kier molecular flexibility index (Phi) is 4.51. The summed E-state index contributed by atoms with van der Waals surface area (Å²) in [6, 6.07) is 8.57. The van der Waals surface area contributed by atoms with Gasteiger partial charge in [-0.25, -0.2) is 4.79 Å². The first-order chi connectivity index (χ1) is 11.7. The van der Waals surface area contributed by atoms with E-state index in [2.05, 4.69) is 26.2 Å². The van der Waals surface area contributed by atoms with Gasteiger partial charge in [0.15, 0.2) is 0 Å². The second-order valence-corrected chi connectivity index (χ2v) is 6.39. The number of fused-ring (bicyclic) bond motifs is 1. The molecule has 0 spiro atoms. The lowest BCUT2D eigenvalue weighted by Crippen LogP contribution is -2.24. The fraction of sp³-hybridized carbons (Fsp3) is 0.125. The van der Waals surface area contributed by atoms with Gasteiger partial charge in [-0.2, -0.15) is 18.2 Å². The standard InChI is InChI=1S/C16H10BrClF3N3O/c1-22-14-8-6-10(17)9(16(19,20)21)7-13(8)24(15(25)23-14)12-5-3-2-4-11(12)18/h2-7H,1H3,(H,22,23,25). The Morgan fingerprint density at radius 3 is 2.52 bits per heavy atom. The molecule has 4 nitrogen and oxygen atoms in total. The highest BCUT2D eigenvalue weighted by Gasteiger charge is 2.34. The van der Waals surface area contributed by atoms with Crippen molar-refractivity contribution in [3.63, 3.8) is 0 Å². The fourth-order valence-corrected chi connectivity index (χ4v) is 3.31. The predicted molar refractivity (Wildman–Crippen MR) is 94.6 cm³/mol. The first-order valence-corrected chi connectivity index (χ1v) is 8.17. The van der Waals surface area contributed by atoms with Crippen LogP contribution in [-0.2, 0) is 6.18 Å². The van der Waals surface area contributed by atoms with Gasteiger partial charge >= 0.3 is 11.9 Å². The van der Waals surface area contributed by atoms with Gasteiger partial charge in [-0.05, 0) is 24.3 Å². The van der Waals surface area contributed by atoms with E-state index in [-0.39, 0.29) is 26.5 Å². The normalized spacial score (nSPS) is 11.8. The molecule has 25 heavy (non-hydrogen) atoms. The molecule has 0 unspecified atom stereocenters. The molecule has 0 amide bonds. The molecule has 1 heterocycles. The maximum atomic E-state index is 13.3. The van der Waals surface area contributed by atoms with Crippen molar-refractivity contribution in [2.45, 2.75) is 6.18 Å². The number of halogens is 5. The maximum Gasteiger partial charge on any atom is 0.417 e. The van der Waals surface area contributed by atoms with E-state index in [1.807, 2.05) is 0 Å². The number of rotatable bonds is 2. The summed E-state index contributed by atoms with van der Waals surface area (Å²) < 4.78 is 40.8. The molecule has 3 aromatic rings. The van der Waals surface area contributed by atoms with Gasteiger partial charge in [0.05, 0.1) is 21.8 Å². The van der Waals surface area contributed by atoms with Crippen LogP contribution in [0.5, 0.6) is 0 Å². The van der Waals surface area contributed by atoms with Crippen LogP contribution in [0.4, 0.5) is 19.0 Å². The minimum absolute atomic E-state index is 0.0491. The van der Waals surface area contributed by atoms with Gasteiger partial charge in [0.1, 0.15) is 5.82 Å². The van der Waals surface area contributed by atoms with E-state index in [1.165, 1.54) is 13.1 Å². The van der Waals surface area contributed by atoms with Gasteiger partial charge in [-0.1, -0.05) is 39.7 Å². The molecule has 1 N–H and O–H groups in total. The van der Waals surface area contributed by atoms with E-state index in [1.54, 1.807) is 24.3 Å². The maximum absolute atomic E-state index is 13.3. The van der Waals surface area contributed by atoms with Crippen LogP contribution in [0.1, 0.15) is 5.56 Å². The van der Waals surface area contributed by atoms with Crippen molar-refractivity contribution in [2.75, 3.05) is 12.4 Å². The molecule has 130 valence electrons. The Balaban J connectivity index is 2.51. The summed E-state index contributed by atoms with van der Waals surface area (Å²) in [7, 11) is 1.53. The summed E-state index contributed by atoms with van der Waals surface area (Å²) in [5.41, 5.74) is -1.33. The molecule has 0 aliphatic rings. The third kappa shape index (κ3) is 3.11. The monoisotopic (exact) mass is 431 g/mol. The highest BCUT2D eigenvalue weighted by molar-refractivity contribution is 9.10. The first kappa shape index (κ1) is 17.8.